The van der Waals surface area contributed by atoms with Gasteiger partial charge in [0.25, 0.3) is 15.7 Å². The van der Waals surface area contributed by atoms with Crippen LogP contribution in [0.25, 0.3) is 16.0 Å². The topological polar surface area (TPSA) is 247 Å². The van der Waals surface area contributed by atoms with Crippen LogP contribution in [-0.2, 0) is 29.0 Å². The molecule has 3 fully saturated rings. The lowest BCUT2D eigenvalue weighted by Gasteiger charge is -2.41. The molecule has 0 saturated carbocycles. The minimum absolute atomic E-state index is 0.0297. The van der Waals surface area contributed by atoms with Gasteiger partial charge in [0.1, 0.15) is 17.0 Å². The number of morpholine rings is 1. The molecule has 6 aromatic rings. The van der Waals surface area contributed by atoms with Crippen LogP contribution in [0.2, 0.25) is 5.02 Å². The van der Waals surface area contributed by atoms with Crippen molar-refractivity contribution < 1.29 is 55.4 Å². The monoisotopic (exact) mass is 1480 g/mol. The Morgan fingerprint density at radius 3 is 2.20 bits per heavy atom. The number of hydrogen-bond acceptors (Lipinski definition) is 17. The number of nitrogens with zero attached hydrogens (tertiary/aromatic N) is 5. The lowest BCUT2D eigenvalue weighted by atomic mass is 9.71. The number of aromatic nitrogens is 1. The van der Waals surface area contributed by atoms with E-state index in [4.69, 9.17) is 16.3 Å². The van der Waals surface area contributed by atoms with Crippen molar-refractivity contribution in [2.24, 2.45) is 10.8 Å². The molecular weight excluding hydrogens is 1400 g/mol. The number of anilines is 2. The highest BCUT2D eigenvalue weighted by Crippen LogP contribution is 2.44. The first-order chi connectivity index (χ1) is 48.1. The highest BCUT2D eigenvalue weighted by Gasteiger charge is 2.49. The number of rotatable bonds is 26. The Morgan fingerprint density at radius 1 is 0.842 bits per heavy atom. The number of ether oxygens (including phenoxy) is 1. The molecule has 28 heteroatoms. The van der Waals surface area contributed by atoms with Crippen LogP contribution < -0.4 is 36.2 Å². The van der Waals surface area contributed by atoms with E-state index in [-0.39, 0.29) is 29.0 Å². The van der Waals surface area contributed by atoms with Gasteiger partial charge < -0.3 is 46.2 Å². The van der Waals surface area contributed by atoms with E-state index in [1.165, 1.54) is 39.9 Å². The van der Waals surface area contributed by atoms with E-state index in [0.717, 1.165) is 81.8 Å². The van der Waals surface area contributed by atoms with Gasteiger partial charge in [-0.25, -0.2) is 18.2 Å². The Hall–Kier alpha value is -7.21. The quantitative estimate of drug-likeness (QED) is 0.0197. The molecule has 3 aliphatic heterocycles. The van der Waals surface area contributed by atoms with Crippen molar-refractivity contribution >= 4 is 103 Å². The van der Waals surface area contributed by atoms with E-state index >= 15 is 0 Å². The van der Waals surface area contributed by atoms with Crippen LogP contribution in [0.15, 0.2) is 147 Å². The number of hydrogen-bond donors (Lipinski definition) is 7. The standard InChI is InChI=1S/C73H89ClF3N11O9S4/c1-47(49-12-14-51(15-13-49)65-48(2)80-46-99-65)81-68(92)62-38-57(89)43-88(62)69(93)66(71(3,4)5)83-64(90)41-78-70(94)79-45-72(6)28-26-60(50-16-20-54(74)21-17-50)53(40-72)42-86-30-32-87(33-31-86)56-22-18-52(19-23-56)67(91)84-100-59-24-25-61(63(39-59)101(95,96)73(75,76)77)82-55(27-29-85-34-36-97-37-35-85)44-98-58-10-8-7-9-11-58/h7-25,39,46-47,55,57,62,66,82,89H,26-38,40-45H2,1-6H3,(H,81,92)(H,83,90)(H,84,91)(H2,78,79,94)/t47-,55+,57+,62-,66?,72?/m0/s1. The Kier molecular flexibility index (Phi) is 25.7. The number of urea groups is 1. The number of thioether (sulfide) groups is 1. The van der Waals surface area contributed by atoms with Gasteiger partial charge in [-0.3, -0.25) is 33.7 Å². The fourth-order valence-electron chi connectivity index (χ4n) is 13.1. The first-order valence-corrected chi connectivity index (χ1v) is 38.5. The molecule has 0 bridgehead atoms. The van der Waals surface area contributed by atoms with E-state index in [0.29, 0.717) is 88.2 Å². The van der Waals surface area contributed by atoms with E-state index in [1.807, 2.05) is 105 Å². The fraction of sp³-hybridized carbons (Fsp3) is 0.452. The number of carbonyl (C=O) groups excluding carboxylic acids is 5. The Labute approximate surface area is 606 Å². The van der Waals surface area contributed by atoms with Crippen LogP contribution in [0.3, 0.4) is 0 Å². The molecule has 5 aromatic carbocycles. The molecule has 7 N–H and O–H groups in total. The van der Waals surface area contributed by atoms with Gasteiger partial charge in [0.15, 0.2) is 0 Å². The summed E-state index contributed by atoms with van der Waals surface area (Å²) in [5.74, 6) is -1.62. The predicted octanol–water partition coefficient (Wildman–Crippen LogP) is 11.2. The highest BCUT2D eigenvalue weighted by atomic mass is 35.5. The zero-order valence-corrected chi connectivity index (χ0v) is 61.6. The summed E-state index contributed by atoms with van der Waals surface area (Å²) >= 11 is 10.1. The Morgan fingerprint density at radius 2 is 1.53 bits per heavy atom. The maximum Gasteiger partial charge on any atom is 0.501 e. The number of thiazole rings is 1. The first kappa shape index (κ1) is 76.4. The SMILES string of the molecule is Cc1ncsc1-c1ccc([C@H](C)NC(=O)[C@@H]2C[C@@H](O)CN2C(=O)C(NC(=O)CNC(=O)NCC2(C)CCC(c3ccc(Cl)cc3)=C(CN3CCN(c4ccc(C(=O)NSc5ccc(N[C@H](CCN6CCOCC6)CSc6ccccc6)c(S(=O)(=O)C(F)(F)F)c5)cc4)CC3)C2)C(C)(C)C)cc1. The predicted molar refractivity (Wildman–Crippen MR) is 393 cm³/mol. The number of aryl methyl sites for hydroxylation is 1. The van der Waals surface area contributed by atoms with E-state index < -0.39 is 92.1 Å². The molecule has 1 aliphatic carbocycles. The molecular formula is C73H89ClF3N11O9S4. The van der Waals surface area contributed by atoms with Crippen LogP contribution in [0, 0.1) is 17.8 Å². The number of nitrogens with one attached hydrogen (secondary N) is 6. The summed E-state index contributed by atoms with van der Waals surface area (Å²) in [5, 5.41) is 26.1. The Balaban J connectivity index is 0.705. The summed E-state index contributed by atoms with van der Waals surface area (Å²) in [6.07, 6.45) is 1.79. The Bertz CT molecular complexity index is 4010. The molecule has 0 radical (unpaired) electrons. The third-order valence-electron chi connectivity index (χ3n) is 18.9. The number of piperazine rings is 1. The summed E-state index contributed by atoms with van der Waals surface area (Å²) in [4.78, 5) is 82.7. The number of aliphatic hydroxyl groups excluding tert-OH is 1. The lowest BCUT2D eigenvalue weighted by molar-refractivity contribution is -0.144. The molecule has 101 heavy (non-hydrogen) atoms. The molecule has 6 amide bonds. The molecule has 20 nitrogen and oxygen atoms in total. The summed E-state index contributed by atoms with van der Waals surface area (Å²) in [6, 6.07) is 32.6. The summed E-state index contributed by atoms with van der Waals surface area (Å²) < 4.78 is 77.6. The van der Waals surface area contributed by atoms with Crippen molar-refractivity contribution in [1.29, 1.82) is 0 Å². The average Bonchev–Trinajstić information content (AvgIpc) is 1.56. The first-order valence-electron chi connectivity index (χ1n) is 33.9. The number of sulfone groups is 1. The van der Waals surface area contributed by atoms with E-state index in [1.54, 1.807) is 49.8 Å². The average molecular weight is 1490 g/mol. The highest BCUT2D eigenvalue weighted by molar-refractivity contribution is 7.99. The van der Waals surface area contributed by atoms with E-state index in [2.05, 4.69) is 57.9 Å². The van der Waals surface area contributed by atoms with Crippen LogP contribution in [0.1, 0.15) is 99.9 Å². The molecule has 2 unspecified atom stereocenters. The van der Waals surface area contributed by atoms with Gasteiger partial charge in [-0.2, -0.15) is 13.2 Å². The number of carbonyl (C=O) groups is 5. The smallest absolute Gasteiger partial charge is 0.391 e. The second-order valence-electron chi connectivity index (χ2n) is 27.7. The normalized spacial score (nSPS) is 19.6. The largest absolute Gasteiger partial charge is 0.501 e. The molecule has 542 valence electrons. The molecule has 4 aliphatic rings. The number of benzene rings is 5. The second kappa shape index (κ2) is 33.9. The number of alkyl halides is 3. The van der Waals surface area contributed by atoms with Crippen LogP contribution in [0.5, 0.6) is 0 Å². The van der Waals surface area contributed by atoms with Gasteiger partial charge in [0, 0.05) is 110 Å². The molecule has 10 rings (SSSR count). The van der Waals surface area contributed by atoms with Crippen LogP contribution in [-0.4, -0.2) is 184 Å². The van der Waals surface area contributed by atoms with Crippen LogP contribution >= 0.6 is 46.6 Å². The van der Waals surface area contributed by atoms with Gasteiger partial charge in [-0.1, -0.05) is 99.5 Å². The van der Waals surface area contributed by atoms with Crippen molar-refractivity contribution in [2.75, 3.05) is 101 Å². The molecule has 1 aromatic heterocycles. The second-order valence-corrected chi connectivity index (χ2v) is 32.8. The summed E-state index contributed by atoms with van der Waals surface area (Å²) in [5.41, 5.74) is 2.39. The van der Waals surface area contributed by atoms with Gasteiger partial charge in [-0.15, -0.1) is 23.1 Å². The molecule has 6 atom stereocenters. The van der Waals surface area contributed by atoms with Crippen molar-refractivity contribution in [2.45, 2.75) is 124 Å². The molecule has 0 spiro atoms. The third-order valence-corrected chi connectivity index (χ3v) is 23.6. The summed E-state index contributed by atoms with van der Waals surface area (Å²) in [6.45, 7) is 17.8. The van der Waals surface area contributed by atoms with Crippen LogP contribution in [0.4, 0.5) is 29.3 Å². The van der Waals surface area contributed by atoms with E-state index in [9.17, 15) is 50.7 Å². The van der Waals surface area contributed by atoms with Crippen molar-refractivity contribution in [3.63, 3.8) is 0 Å². The third kappa shape index (κ3) is 20.4. The zero-order chi connectivity index (χ0) is 72.2. The molecule has 3 saturated heterocycles. The van der Waals surface area contributed by atoms with Crippen molar-refractivity contribution in [3.05, 3.63) is 160 Å². The number of amides is 6. The lowest BCUT2D eigenvalue weighted by Crippen LogP contribution is -2.59. The number of aliphatic hydroxyl groups is 1. The van der Waals surface area contributed by atoms with Gasteiger partial charge in [0.2, 0.25) is 17.7 Å². The number of β-amino-alcohol motifs (C(OH)–C–C–N with tert-alkyl or cyclic N) is 1. The van der Waals surface area contributed by atoms with Crippen molar-refractivity contribution in [1.82, 2.24) is 45.7 Å². The number of halogens is 4. The number of likely N-dealkylation sites (tertiary alicyclic amines) is 1. The minimum Gasteiger partial charge on any atom is -0.391 e. The van der Waals surface area contributed by atoms with Crippen molar-refractivity contribution in [3.8, 4) is 10.4 Å². The minimum atomic E-state index is -5.82. The maximum atomic E-state index is 14.4. The van der Waals surface area contributed by atoms with Gasteiger partial charge >= 0.3 is 11.5 Å². The van der Waals surface area contributed by atoms with Gasteiger partial charge in [-0.05, 0) is 151 Å². The summed E-state index contributed by atoms with van der Waals surface area (Å²) in [7, 11) is -5.82. The number of allylic oxidation sites excluding steroid dienone is 1. The van der Waals surface area contributed by atoms with Gasteiger partial charge in [0.05, 0.1) is 53.7 Å². The zero-order valence-electron chi connectivity index (χ0n) is 57.5. The maximum absolute atomic E-state index is 14.4. The fourth-order valence-corrected chi connectivity index (χ4v) is 16.7. The molecule has 4 heterocycles.